The van der Waals surface area contributed by atoms with Gasteiger partial charge in [0.2, 0.25) is 0 Å². The molecule has 0 saturated heterocycles. The Kier molecular flexibility index (Phi) is 4.44. The van der Waals surface area contributed by atoms with Crippen LogP contribution in [0.1, 0.15) is 43.4 Å². The van der Waals surface area contributed by atoms with Crippen molar-refractivity contribution in [2.24, 2.45) is 0 Å². The molecular formula is C15H19N3O4. The molecule has 118 valence electrons. The number of carboxylic acid groups (broad SMARTS) is 1. The molecular weight excluding hydrogens is 286 g/mol. The number of aromatic nitrogens is 2. The Hall–Kier alpha value is -2.44. The van der Waals surface area contributed by atoms with E-state index >= 15 is 0 Å². The second kappa shape index (κ2) is 6.13. The first-order valence-corrected chi connectivity index (χ1v) is 7.00. The molecule has 1 aliphatic heterocycles. The highest BCUT2D eigenvalue weighted by Crippen LogP contribution is 2.21. The molecule has 1 aromatic heterocycles. The van der Waals surface area contributed by atoms with Crippen LogP contribution in [0.5, 0.6) is 0 Å². The van der Waals surface area contributed by atoms with E-state index in [1.165, 1.54) is 6.07 Å². The van der Waals surface area contributed by atoms with Gasteiger partial charge in [-0.25, -0.2) is 9.59 Å². The Morgan fingerprint density at radius 2 is 2.00 bits per heavy atom. The van der Waals surface area contributed by atoms with E-state index < -0.39 is 11.6 Å². The van der Waals surface area contributed by atoms with Crippen molar-refractivity contribution in [3.8, 4) is 0 Å². The Labute approximate surface area is 128 Å². The summed E-state index contributed by atoms with van der Waals surface area (Å²) in [4.78, 5) is 24.3. The van der Waals surface area contributed by atoms with Gasteiger partial charge in [0, 0.05) is 13.1 Å². The van der Waals surface area contributed by atoms with Crippen LogP contribution in [0.25, 0.3) is 5.57 Å². The number of hydrogen-bond acceptors (Lipinski definition) is 5. The molecule has 0 bridgehead atoms. The Balaban J connectivity index is 2.02. The second-order valence-electron chi connectivity index (χ2n) is 6.01. The number of carboxylic acids is 1. The van der Waals surface area contributed by atoms with Crippen molar-refractivity contribution in [1.29, 1.82) is 0 Å². The predicted molar refractivity (Wildman–Crippen MR) is 79.4 cm³/mol. The zero-order chi connectivity index (χ0) is 16.3. The third-order valence-electron chi connectivity index (χ3n) is 3.07. The average molecular weight is 305 g/mol. The maximum atomic E-state index is 12.0. The van der Waals surface area contributed by atoms with Gasteiger partial charge in [0.1, 0.15) is 5.60 Å². The normalized spacial score (nSPS) is 15.2. The van der Waals surface area contributed by atoms with E-state index in [2.05, 4.69) is 10.2 Å². The maximum absolute atomic E-state index is 12.0. The molecule has 7 heteroatoms. The van der Waals surface area contributed by atoms with Crippen molar-refractivity contribution in [1.82, 2.24) is 15.1 Å². The third-order valence-corrected chi connectivity index (χ3v) is 3.07. The minimum absolute atomic E-state index is 0.0875. The van der Waals surface area contributed by atoms with Crippen molar-refractivity contribution >= 4 is 17.6 Å². The fraction of sp³-hybridized carbons (Fsp3) is 0.467. The largest absolute Gasteiger partial charge is 0.476 e. The summed E-state index contributed by atoms with van der Waals surface area (Å²) in [5, 5.41) is 16.4. The molecule has 0 saturated carbocycles. The number of nitrogens with zero attached hydrogens (tertiary/aromatic N) is 3. The summed E-state index contributed by atoms with van der Waals surface area (Å²) in [5.74, 6) is -1.10. The zero-order valence-corrected chi connectivity index (χ0v) is 12.9. The number of amides is 1. The smallest absolute Gasteiger partial charge is 0.410 e. The molecule has 0 aromatic carbocycles. The van der Waals surface area contributed by atoms with Crippen LogP contribution in [0.15, 0.2) is 18.2 Å². The molecule has 2 heterocycles. The number of carbonyl (C=O) groups excluding carboxylic acids is 1. The maximum Gasteiger partial charge on any atom is 0.410 e. The van der Waals surface area contributed by atoms with Crippen LogP contribution >= 0.6 is 0 Å². The lowest BCUT2D eigenvalue weighted by atomic mass is 10.0. The van der Waals surface area contributed by atoms with E-state index in [4.69, 9.17) is 9.84 Å². The Morgan fingerprint density at radius 3 is 2.45 bits per heavy atom. The van der Waals surface area contributed by atoms with Crippen molar-refractivity contribution in [2.45, 2.75) is 32.8 Å². The molecule has 7 nitrogen and oxygen atoms in total. The SMILES string of the molecule is CC(C)(C)OC(=O)N1CC=C(c2ccc(C(=O)O)nn2)CC1. The van der Waals surface area contributed by atoms with Gasteiger partial charge in [-0.1, -0.05) is 6.08 Å². The van der Waals surface area contributed by atoms with Gasteiger partial charge < -0.3 is 14.7 Å². The molecule has 1 aromatic rings. The first-order chi connectivity index (χ1) is 10.3. The summed E-state index contributed by atoms with van der Waals surface area (Å²) < 4.78 is 5.32. The van der Waals surface area contributed by atoms with Crippen LogP contribution in [0.3, 0.4) is 0 Å². The van der Waals surface area contributed by atoms with Gasteiger partial charge >= 0.3 is 12.1 Å². The molecule has 1 aliphatic rings. The molecule has 0 unspecified atom stereocenters. The van der Waals surface area contributed by atoms with Gasteiger partial charge in [-0.3, -0.25) is 0 Å². The lowest BCUT2D eigenvalue weighted by Crippen LogP contribution is -2.39. The molecule has 1 N–H and O–H groups in total. The first-order valence-electron chi connectivity index (χ1n) is 7.00. The van der Waals surface area contributed by atoms with Gasteiger partial charge in [-0.05, 0) is 44.9 Å². The van der Waals surface area contributed by atoms with Gasteiger partial charge in [-0.15, -0.1) is 5.10 Å². The first kappa shape index (κ1) is 15.9. The number of carbonyl (C=O) groups is 2. The minimum atomic E-state index is -1.10. The molecule has 0 atom stereocenters. The predicted octanol–water partition coefficient (Wildman–Crippen LogP) is 2.20. The van der Waals surface area contributed by atoms with E-state index in [1.54, 1.807) is 11.0 Å². The summed E-state index contributed by atoms with van der Waals surface area (Å²) in [7, 11) is 0. The highest BCUT2D eigenvalue weighted by atomic mass is 16.6. The van der Waals surface area contributed by atoms with Crippen LogP contribution in [0.2, 0.25) is 0 Å². The van der Waals surface area contributed by atoms with Gasteiger partial charge in [0.15, 0.2) is 5.69 Å². The summed E-state index contributed by atoms with van der Waals surface area (Å²) in [6.45, 7) is 6.46. The van der Waals surface area contributed by atoms with Crippen molar-refractivity contribution < 1.29 is 19.4 Å². The van der Waals surface area contributed by atoms with E-state index in [0.29, 0.717) is 25.2 Å². The fourth-order valence-electron chi connectivity index (χ4n) is 2.01. The number of rotatable bonds is 2. The fourth-order valence-corrected chi connectivity index (χ4v) is 2.01. The summed E-state index contributed by atoms with van der Waals surface area (Å²) in [6, 6.07) is 3.05. The molecule has 0 fully saturated rings. The molecule has 22 heavy (non-hydrogen) atoms. The number of hydrogen-bond donors (Lipinski definition) is 1. The lowest BCUT2D eigenvalue weighted by molar-refractivity contribution is 0.0270. The highest BCUT2D eigenvalue weighted by molar-refractivity contribution is 5.85. The third kappa shape index (κ3) is 4.03. The van der Waals surface area contributed by atoms with E-state index in [0.717, 1.165) is 5.57 Å². The van der Waals surface area contributed by atoms with Gasteiger partial charge in [0.05, 0.1) is 5.69 Å². The molecule has 0 radical (unpaired) electrons. The van der Waals surface area contributed by atoms with Crippen molar-refractivity contribution in [3.05, 3.63) is 29.6 Å². The van der Waals surface area contributed by atoms with Crippen LogP contribution in [-0.4, -0.2) is 51.0 Å². The topological polar surface area (TPSA) is 92.6 Å². The van der Waals surface area contributed by atoms with E-state index in [1.807, 2.05) is 26.8 Å². The molecule has 0 aliphatic carbocycles. The minimum Gasteiger partial charge on any atom is -0.476 e. The van der Waals surface area contributed by atoms with Crippen LogP contribution in [-0.2, 0) is 4.74 Å². The van der Waals surface area contributed by atoms with Crippen molar-refractivity contribution in [2.75, 3.05) is 13.1 Å². The summed E-state index contributed by atoms with van der Waals surface area (Å²) in [6.07, 6.45) is 2.17. The molecule has 2 rings (SSSR count). The second-order valence-corrected chi connectivity index (χ2v) is 6.01. The lowest BCUT2D eigenvalue weighted by Gasteiger charge is -2.29. The Morgan fingerprint density at radius 1 is 1.27 bits per heavy atom. The van der Waals surface area contributed by atoms with Gasteiger partial charge in [-0.2, -0.15) is 5.10 Å². The quantitative estimate of drug-likeness (QED) is 0.900. The molecule has 1 amide bonds. The number of ether oxygens (including phenoxy) is 1. The standard InChI is InChI=1S/C15H19N3O4/c1-15(2,3)22-14(21)18-8-6-10(7-9-18)11-4-5-12(13(19)20)17-16-11/h4-6H,7-9H2,1-3H3,(H,19,20). The number of aromatic carboxylic acids is 1. The molecule has 0 spiro atoms. The summed E-state index contributed by atoms with van der Waals surface area (Å²) in [5.41, 5.74) is 0.979. The van der Waals surface area contributed by atoms with Crippen LogP contribution in [0.4, 0.5) is 4.79 Å². The van der Waals surface area contributed by atoms with E-state index in [-0.39, 0.29) is 11.8 Å². The van der Waals surface area contributed by atoms with E-state index in [9.17, 15) is 9.59 Å². The van der Waals surface area contributed by atoms with Crippen molar-refractivity contribution in [3.63, 3.8) is 0 Å². The summed E-state index contributed by atoms with van der Waals surface area (Å²) >= 11 is 0. The Bertz CT molecular complexity index is 602. The zero-order valence-electron chi connectivity index (χ0n) is 12.9. The average Bonchev–Trinajstić information content (AvgIpc) is 2.46. The monoisotopic (exact) mass is 305 g/mol. The van der Waals surface area contributed by atoms with Gasteiger partial charge in [0.25, 0.3) is 0 Å². The highest BCUT2D eigenvalue weighted by Gasteiger charge is 2.24. The van der Waals surface area contributed by atoms with Crippen LogP contribution < -0.4 is 0 Å². The van der Waals surface area contributed by atoms with Crippen LogP contribution in [0, 0.1) is 0 Å².